The summed E-state index contributed by atoms with van der Waals surface area (Å²) in [7, 11) is 1.79. The number of carbonyl (C=O) groups excluding carboxylic acids is 1. The number of anilines is 1. The standard InChI is InChI=1S/C12H13N3O/c1-9-5-3-4-6-10(9)14-12(16)11-7-13-8-15(11)2/h3-8H,1-2H3,(H,14,16). The van der Waals surface area contributed by atoms with E-state index >= 15 is 0 Å². The summed E-state index contributed by atoms with van der Waals surface area (Å²) in [6.45, 7) is 1.96. The highest BCUT2D eigenvalue weighted by Gasteiger charge is 2.10. The summed E-state index contributed by atoms with van der Waals surface area (Å²) in [5.41, 5.74) is 2.41. The summed E-state index contributed by atoms with van der Waals surface area (Å²) in [6, 6.07) is 7.67. The highest BCUT2D eigenvalue weighted by atomic mass is 16.1. The zero-order valence-corrected chi connectivity index (χ0v) is 9.27. The molecule has 0 radical (unpaired) electrons. The maximum atomic E-state index is 11.9. The molecule has 2 aromatic rings. The molecule has 0 spiro atoms. The summed E-state index contributed by atoms with van der Waals surface area (Å²) < 4.78 is 1.69. The smallest absolute Gasteiger partial charge is 0.273 e. The quantitative estimate of drug-likeness (QED) is 0.832. The Bertz CT molecular complexity index is 516. The number of hydrogen-bond donors (Lipinski definition) is 1. The van der Waals surface area contributed by atoms with Crippen LogP contribution in [0.15, 0.2) is 36.8 Å². The Morgan fingerprint density at radius 2 is 2.12 bits per heavy atom. The van der Waals surface area contributed by atoms with Crippen LogP contribution in [0.5, 0.6) is 0 Å². The summed E-state index contributed by atoms with van der Waals surface area (Å²) >= 11 is 0. The molecule has 4 heteroatoms. The molecule has 1 N–H and O–H groups in total. The number of nitrogens with zero attached hydrogens (tertiary/aromatic N) is 2. The second-order valence-electron chi connectivity index (χ2n) is 3.66. The molecular weight excluding hydrogens is 202 g/mol. The van der Waals surface area contributed by atoms with Crippen molar-refractivity contribution in [1.82, 2.24) is 9.55 Å². The van der Waals surface area contributed by atoms with Gasteiger partial charge in [0.25, 0.3) is 5.91 Å². The van der Waals surface area contributed by atoms with Gasteiger partial charge < -0.3 is 9.88 Å². The largest absolute Gasteiger partial charge is 0.330 e. The van der Waals surface area contributed by atoms with Gasteiger partial charge in [-0.15, -0.1) is 0 Å². The molecule has 0 bridgehead atoms. The number of nitrogens with one attached hydrogen (secondary N) is 1. The average molecular weight is 215 g/mol. The van der Waals surface area contributed by atoms with Crippen molar-refractivity contribution in [2.75, 3.05) is 5.32 Å². The number of amides is 1. The van der Waals surface area contributed by atoms with Crippen molar-refractivity contribution >= 4 is 11.6 Å². The third-order valence-electron chi connectivity index (χ3n) is 2.44. The molecule has 1 amide bonds. The van der Waals surface area contributed by atoms with Crippen LogP contribution >= 0.6 is 0 Å². The molecule has 0 atom stereocenters. The summed E-state index contributed by atoms with van der Waals surface area (Å²) in [5.74, 6) is -0.144. The minimum atomic E-state index is -0.144. The molecule has 2 rings (SSSR count). The van der Waals surface area contributed by atoms with Gasteiger partial charge in [0, 0.05) is 12.7 Å². The fraction of sp³-hybridized carbons (Fsp3) is 0.167. The first kappa shape index (κ1) is 10.4. The number of carbonyl (C=O) groups is 1. The average Bonchev–Trinajstić information content (AvgIpc) is 2.68. The van der Waals surface area contributed by atoms with Crippen molar-refractivity contribution < 1.29 is 4.79 Å². The minimum Gasteiger partial charge on any atom is -0.330 e. The van der Waals surface area contributed by atoms with E-state index in [1.54, 1.807) is 24.1 Å². The van der Waals surface area contributed by atoms with Crippen LogP contribution in [-0.2, 0) is 7.05 Å². The van der Waals surface area contributed by atoms with Crippen LogP contribution in [0.25, 0.3) is 0 Å². The van der Waals surface area contributed by atoms with E-state index in [4.69, 9.17) is 0 Å². The molecule has 0 saturated heterocycles. The molecule has 0 fully saturated rings. The van der Waals surface area contributed by atoms with E-state index in [0.717, 1.165) is 11.3 Å². The number of imidazole rings is 1. The number of aryl methyl sites for hydroxylation is 2. The molecule has 1 aromatic carbocycles. The molecule has 1 aromatic heterocycles. The highest BCUT2D eigenvalue weighted by Crippen LogP contribution is 2.14. The van der Waals surface area contributed by atoms with Gasteiger partial charge >= 0.3 is 0 Å². The Hall–Kier alpha value is -2.10. The lowest BCUT2D eigenvalue weighted by atomic mass is 10.2. The molecule has 0 unspecified atom stereocenters. The Kier molecular flexibility index (Phi) is 2.72. The van der Waals surface area contributed by atoms with E-state index in [-0.39, 0.29) is 5.91 Å². The van der Waals surface area contributed by atoms with Gasteiger partial charge in [-0.25, -0.2) is 4.98 Å². The first-order chi connectivity index (χ1) is 7.68. The van der Waals surface area contributed by atoms with Crippen molar-refractivity contribution in [1.29, 1.82) is 0 Å². The van der Waals surface area contributed by atoms with E-state index in [9.17, 15) is 4.79 Å². The Morgan fingerprint density at radius 1 is 1.38 bits per heavy atom. The topological polar surface area (TPSA) is 46.9 Å². The molecule has 0 aliphatic carbocycles. The Labute approximate surface area is 93.9 Å². The van der Waals surface area contributed by atoms with Crippen LogP contribution in [-0.4, -0.2) is 15.5 Å². The predicted molar refractivity (Wildman–Crippen MR) is 62.3 cm³/mol. The van der Waals surface area contributed by atoms with E-state index in [1.807, 2.05) is 31.2 Å². The summed E-state index contributed by atoms with van der Waals surface area (Å²) in [6.07, 6.45) is 3.15. The maximum absolute atomic E-state index is 11.9. The van der Waals surface area contributed by atoms with Gasteiger partial charge in [-0.2, -0.15) is 0 Å². The van der Waals surface area contributed by atoms with Crippen molar-refractivity contribution in [3.63, 3.8) is 0 Å². The lowest BCUT2D eigenvalue weighted by molar-refractivity contribution is 0.101. The molecule has 4 nitrogen and oxygen atoms in total. The SMILES string of the molecule is Cc1ccccc1NC(=O)c1cncn1C. The number of hydrogen-bond acceptors (Lipinski definition) is 2. The van der Waals surface area contributed by atoms with Gasteiger partial charge in [0.1, 0.15) is 5.69 Å². The molecule has 82 valence electrons. The number of benzene rings is 1. The highest BCUT2D eigenvalue weighted by molar-refractivity contribution is 6.03. The molecule has 0 aliphatic rings. The lowest BCUT2D eigenvalue weighted by Gasteiger charge is -2.07. The minimum absolute atomic E-state index is 0.144. The third kappa shape index (κ3) is 1.95. The predicted octanol–water partition coefficient (Wildman–Crippen LogP) is 1.98. The van der Waals surface area contributed by atoms with Crippen molar-refractivity contribution in [2.45, 2.75) is 6.92 Å². The Balaban J connectivity index is 2.21. The fourth-order valence-corrected chi connectivity index (χ4v) is 1.48. The summed E-state index contributed by atoms with van der Waals surface area (Å²) in [5, 5.41) is 2.85. The normalized spacial score (nSPS) is 10.1. The zero-order chi connectivity index (χ0) is 11.5. The van der Waals surface area contributed by atoms with Gasteiger partial charge in [-0.1, -0.05) is 18.2 Å². The van der Waals surface area contributed by atoms with Gasteiger partial charge in [0.05, 0.1) is 12.5 Å². The van der Waals surface area contributed by atoms with Crippen LogP contribution in [0.4, 0.5) is 5.69 Å². The molecule has 0 aliphatic heterocycles. The molecular formula is C12H13N3O. The van der Waals surface area contributed by atoms with Gasteiger partial charge in [0.2, 0.25) is 0 Å². The van der Waals surface area contributed by atoms with Gasteiger partial charge in [-0.3, -0.25) is 4.79 Å². The lowest BCUT2D eigenvalue weighted by Crippen LogP contribution is -2.15. The number of aromatic nitrogens is 2. The maximum Gasteiger partial charge on any atom is 0.273 e. The van der Waals surface area contributed by atoms with Gasteiger partial charge in [-0.05, 0) is 18.6 Å². The van der Waals surface area contributed by atoms with E-state index in [1.165, 1.54) is 0 Å². The van der Waals surface area contributed by atoms with E-state index < -0.39 is 0 Å². The van der Waals surface area contributed by atoms with Crippen LogP contribution in [0.2, 0.25) is 0 Å². The van der Waals surface area contributed by atoms with Crippen molar-refractivity contribution in [2.24, 2.45) is 7.05 Å². The third-order valence-corrected chi connectivity index (χ3v) is 2.44. The zero-order valence-electron chi connectivity index (χ0n) is 9.27. The second-order valence-corrected chi connectivity index (χ2v) is 3.66. The molecule has 1 heterocycles. The molecule has 0 saturated carbocycles. The van der Waals surface area contributed by atoms with Crippen LogP contribution in [0.3, 0.4) is 0 Å². The first-order valence-electron chi connectivity index (χ1n) is 5.02. The van der Waals surface area contributed by atoms with Crippen LogP contribution in [0.1, 0.15) is 16.1 Å². The van der Waals surface area contributed by atoms with Crippen molar-refractivity contribution in [3.8, 4) is 0 Å². The van der Waals surface area contributed by atoms with Crippen LogP contribution < -0.4 is 5.32 Å². The van der Waals surface area contributed by atoms with Gasteiger partial charge in [0.15, 0.2) is 0 Å². The monoisotopic (exact) mass is 215 g/mol. The number of rotatable bonds is 2. The Morgan fingerprint density at radius 3 is 2.75 bits per heavy atom. The molecule has 16 heavy (non-hydrogen) atoms. The van der Waals surface area contributed by atoms with E-state index in [0.29, 0.717) is 5.69 Å². The van der Waals surface area contributed by atoms with E-state index in [2.05, 4.69) is 10.3 Å². The second kappa shape index (κ2) is 4.18. The number of para-hydroxylation sites is 1. The fourth-order valence-electron chi connectivity index (χ4n) is 1.48. The van der Waals surface area contributed by atoms with Crippen LogP contribution in [0, 0.1) is 6.92 Å². The summed E-state index contributed by atoms with van der Waals surface area (Å²) in [4.78, 5) is 15.8. The first-order valence-corrected chi connectivity index (χ1v) is 5.02. The van der Waals surface area contributed by atoms with Crippen molar-refractivity contribution in [3.05, 3.63) is 48.0 Å².